The molecule has 0 aliphatic rings. The summed E-state index contributed by atoms with van der Waals surface area (Å²) >= 11 is 6.08. The van der Waals surface area contributed by atoms with Crippen LogP contribution in [0.1, 0.15) is 11.1 Å². The molecule has 0 bridgehead atoms. The lowest BCUT2D eigenvalue weighted by Crippen LogP contribution is -1.92. The number of halogens is 1. The van der Waals surface area contributed by atoms with Crippen LogP contribution in [0.4, 0.5) is 11.4 Å². The Labute approximate surface area is 111 Å². The van der Waals surface area contributed by atoms with E-state index >= 15 is 0 Å². The Kier molecular flexibility index (Phi) is 3.53. The number of benzene rings is 2. The first-order valence-electron chi connectivity index (χ1n) is 5.26. The standard InChI is InChI=1S/C15H9ClN2/c1-2-11-4-3-5-13(8-11)18-15-7-6-12(10-17)9-14(15)16/h1,3-9,18H. The first-order valence-corrected chi connectivity index (χ1v) is 5.64. The maximum Gasteiger partial charge on any atom is 0.0992 e. The average Bonchev–Trinajstić information content (AvgIpc) is 2.41. The van der Waals surface area contributed by atoms with E-state index in [-0.39, 0.29) is 0 Å². The van der Waals surface area contributed by atoms with Crippen molar-refractivity contribution in [2.75, 3.05) is 5.32 Å². The summed E-state index contributed by atoms with van der Waals surface area (Å²) < 4.78 is 0. The van der Waals surface area contributed by atoms with E-state index in [0.29, 0.717) is 10.6 Å². The van der Waals surface area contributed by atoms with Gasteiger partial charge in [-0.25, -0.2) is 0 Å². The molecule has 1 N–H and O–H groups in total. The zero-order valence-corrected chi connectivity index (χ0v) is 10.2. The van der Waals surface area contributed by atoms with Gasteiger partial charge in [0.15, 0.2) is 0 Å². The Morgan fingerprint density at radius 1 is 1.11 bits per heavy atom. The number of hydrogen-bond donors (Lipinski definition) is 1. The largest absolute Gasteiger partial charge is 0.354 e. The molecule has 0 radical (unpaired) electrons. The zero-order valence-electron chi connectivity index (χ0n) is 9.44. The molecule has 0 heterocycles. The molecular weight excluding hydrogens is 244 g/mol. The summed E-state index contributed by atoms with van der Waals surface area (Å²) in [7, 11) is 0. The third-order valence-corrected chi connectivity index (χ3v) is 2.72. The molecule has 0 saturated carbocycles. The second kappa shape index (κ2) is 5.27. The Hall–Kier alpha value is -2.42. The van der Waals surface area contributed by atoms with Crippen LogP contribution in [0.5, 0.6) is 0 Å². The topological polar surface area (TPSA) is 35.8 Å². The van der Waals surface area contributed by atoms with Gasteiger partial charge >= 0.3 is 0 Å². The highest BCUT2D eigenvalue weighted by Gasteiger charge is 2.02. The highest BCUT2D eigenvalue weighted by Crippen LogP contribution is 2.26. The van der Waals surface area contributed by atoms with Crippen LogP contribution < -0.4 is 5.32 Å². The quantitative estimate of drug-likeness (QED) is 0.822. The molecule has 0 amide bonds. The number of terminal acetylenes is 1. The van der Waals surface area contributed by atoms with Crippen molar-refractivity contribution in [3.8, 4) is 18.4 Å². The SMILES string of the molecule is C#Cc1cccc(Nc2ccc(C#N)cc2Cl)c1. The Morgan fingerprint density at radius 2 is 1.94 bits per heavy atom. The smallest absolute Gasteiger partial charge is 0.0992 e. The minimum Gasteiger partial charge on any atom is -0.354 e. The lowest BCUT2D eigenvalue weighted by Gasteiger charge is -2.08. The predicted molar refractivity (Wildman–Crippen MR) is 73.8 cm³/mol. The van der Waals surface area contributed by atoms with Gasteiger partial charge in [0.2, 0.25) is 0 Å². The minimum absolute atomic E-state index is 0.500. The molecule has 0 aliphatic heterocycles. The van der Waals surface area contributed by atoms with E-state index < -0.39 is 0 Å². The maximum atomic E-state index is 8.76. The number of nitriles is 1. The van der Waals surface area contributed by atoms with Crippen molar-refractivity contribution < 1.29 is 0 Å². The lowest BCUT2D eigenvalue weighted by atomic mass is 10.2. The summed E-state index contributed by atoms with van der Waals surface area (Å²) in [6.45, 7) is 0. The summed E-state index contributed by atoms with van der Waals surface area (Å²) in [6, 6.07) is 14.6. The van der Waals surface area contributed by atoms with Crippen LogP contribution in [0.2, 0.25) is 5.02 Å². The van der Waals surface area contributed by atoms with E-state index in [4.69, 9.17) is 23.3 Å². The fraction of sp³-hybridized carbons (Fsp3) is 0. The lowest BCUT2D eigenvalue weighted by molar-refractivity contribution is 1.47. The van der Waals surface area contributed by atoms with Crippen molar-refractivity contribution >= 4 is 23.0 Å². The number of nitrogens with zero attached hydrogens (tertiary/aromatic N) is 1. The fourth-order valence-electron chi connectivity index (χ4n) is 1.53. The fourth-order valence-corrected chi connectivity index (χ4v) is 1.76. The van der Waals surface area contributed by atoms with Crippen molar-refractivity contribution in [2.45, 2.75) is 0 Å². The first kappa shape index (κ1) is 12.0. The Morgan fingerprint density at radius 3 is 2.61 bits per heavy atom. The van der Waals surface area contributed by atoms with Gasteiger partial charge in [0.05, 0.1) is 22.3 Å². The predicted octanol–water partition coefficient (Wildman–Crippen LogP) is 3.94. The van der Waals surface area contributed by atoms with Crippen molar-refractivity contribution in [1.29, 1.82) is 5.26 Å². The number of rotatable bonds is 2. The van der Waals surface area contributed by atoms with Gasteiger partial charge < -0.3 is 5.32 Å². The average molecular weight is 253 g/mol. The number of nitrogens with one attached hydrogen (secondary N) is 1. The van der Waals surface area contributed by atoms with E-state index in [1.54, 1.807) is 18.2 Å². The molecule has 3 heteroatoms. The molecule has 0 aliphatic carbocycles. The maximum absolute atomic E-state index is 8.76. The summed E-state index contributed by atoms with van der Waals surface area (Å²) in [6.07, 6.45) is 5.34. The molecule has 0 fully saturated rings. The van der Waals surface area contributed by atoms with E-state index in [1.807, 2.05) is 30.3 Å². The molecule has 2 aromatic carbocycles. The van der Waals surface area contributed by atoms with Gasteiger partial charge in [-0.2, -0.15) is 5.26 Å². The van der Waals surface area contributed by atoms with Crippen molar-refractivity contribution in [3.63, 3.8) is 0 Å². The molecule has 0 atom stereocenters. The molecule has 0 unspecified atom stereocenters. The zero-order chi connectivity index (χ0) is 13.0. The van der Waals surface area contributed by atoms with Crippen LogP contribution >= 0.6 is 11.6 Å². The molecule has 0 saturated heterocycles. The van der Waals surface area contributed by atoms with Gasteiger partial charge in [0.1, 0.15) is 0 Å². The van der Waals surface area contributed by atoms with Gasteiger partial charge in [-0.3, -0.25) is 0 Å². The van der Waals surface area contributed by atoms with Crippen molar-refractivity contribution in [2.24, 2.45) is 0 Å². The van der Waals surface area contributed by atoms with Crippen LogP contribution in [-0.4, -0.2) is 0 Å². The van der Waals surface area contributed by atoms with E-state index in [9.17, 15) is 0 Å². The molecule has 18 heavy (non-hydrogen) atoms. The van der Waals surface area contributed by atoms with Gasteiger partial charge in [0, 0.05) is 11.3 Å². The van der Waals surface area contributed by atoms with Gasteiger partial charge in [-0.15, -0.1) is 6.42 Å². The number of anilines is 2. The normalized spacial score (nSPS) is 9.28. The van der Waals surface area contributed by atoms with Gasteiger partial charge in [-0.1, -0.05) is 23.6 Å². The van der Waals surface area contributed by atoms with Crippen molar-refractivity contribution in [1.82, 2.24) is 0 Å². The summed E-state index contributed by atoms with van der Waals surface area (Å²) in [5.74, 6) is 2.57. The third-order valence-electron chi connectivity index (χ3n) is 2.41. The Balaban J connectivity index is 2.29. The molecule has 2 nitrogen and oxygen atoms in total. The van der Waals surface area contributed by atoms with Crippen molar-refractivity contribution in [3.05, 3.63) is 58.6 Å². The van der Waals surface area contributed by atoms with Crippen LogP contribution in [0, 0.1) is 23.7 Å². The van der Waals surface area contributed by atoms with E-state index in [0.717, 1.165) is 16.9 Å². The molecule has 0 spiro atoms. The van der Waals surface area contributed by atoms with Gasteiger partial charge in [-0.05, 0) is 36.4 Å². The third kappa shape index (κ3) is 2.63. The second-order valence-electron chi connectivity index (χ2n) is 3.66. The summed E-state index contributed by atoms with van der Waals surface area (Å²) in [5, 5.41) is 12.4. The monoisotopic (exact) mass is 252 g/mol. The van der Waals surface area contributed by atoms with Crippen LogP contribution in [0.15, 0.2) is 42.5 Å². The van der Waals surface area contributed by atoms with E-state index in [1.165, 1.54) is 0 Å². The molecule has 2 aromatic rings. The van der Waals surface area contributed by atoms with Gasteiger partial charge in [0.25, 0.3) is 0 Å². The molecule has 86 valence electrons. The molecular formula is C15H9ClN2. The van der Waals surface area contributed by atoms with Crippen LogP contribution in [0.25, 0.3) is 0 Å². The Bertz CT molecular complexity index is 663. The summed E-state index contributed by atoms with van der Waals surface area (Å²) in [5.41, 5.74) is 2.93. The minimum atomic E-state index is 0.500. The van der Waals surface area contributed by atoms with E-state index in [2.05, 4.69) is 11.2 Å². The summed E-state index contributed by atoms with van der Waals surface area (Å²) in [4.78, 5) is 0. The van der Waals surface area contributed by atoms with Crippen LogP contribution in [-0.2, 0) is 0 Å². The van der Waals surface area contributed by atoms with Crippen LogP contribution in [0.3, 0.4) is 0 Å². The number of hydrogen-bond acceptors (Lipinski definition) is 2. The molecule has 2 rings (SSSR count). The molecule has 0 aromatic heterocycles. The first-order chi connectivity index (χ1) is 8.72. The second-order valence-corrected chi connectivity index (χ2v) is 4.06. The highest BCUT2D eigenvalue weighted by atomic mass is 35.5. The highest BCUT2D eigenvalue weighted by molar-refractivity contribution is 6.33.